The fourth-order valence-corrected chi connectivity index (χ4v) is 5.68. The molecular formula is C20H23BrF3N3O2. The SMILES string of the molecule is CC(CO)NC(=O)C1CC2c3cccc4c3c(c(Br)n4C(F)(F)F)C[C@H]2N(C)C1. The third-order valence-corrected chi connectivity index (χ3v) is 7.07. The van der Waals surface area contributed by atoms with Gasteiger partial charge in [0.25, 0.3) is 0 Å². The smallest absolute Gasteiger partial charge is 0.394 e. The predicted octanol–water partition coefficient (Wildman–Crippen LogP) is 3.34. The first-order valence-electron chi connectivity index (χ1n) is 9.63. The second-order valence-corrected chi connectivity index (χ2v) is 8.91. The lowest BCUT2D eigenvalue weighted by molar-refractivity contribution is -0.202. The third-order valence-electron chi connectivity index (χ3n) is 6.24. The van der Waals surface area contributed by atoms with Gasteiger partial charge >= 0.3 is 6.30 Å². The highest BCUT2D eigenvalue weighted by Gasteiger charge is 2.45. The Balaban J connectivity index is 1.76. The number of piperidine rings is 1. The molecule has 1 aliphatic carbocycles. The van der Waals surface area contributed by atoms with E-state index in [2.05, 4.69) is 26.1 Å². The summed E-state index contributed by atoms with van der Waals surface area (Å²) in [6, 6.07) is 4.76. The van der Waals surface area contributed by atoms with Crippen molar-refractivity contribution in [2.24, 2.45) is 5.92 Å². The molecule has 9 heteroatoms. The molecule has 1 aliphatic heterocycles. The number of nitrogens with zero attached hydrogens (tertiary/aromatic N) is 2. The Bertz CT molecular complexity index is 959. The van der Waals surface area contributed by atoms with Crippen LogP contribution in [0.1, 0.15) is 30.4 Å². The first-order chi connectivity index (χ1) is 13.6. The van der Waals surface area contributed by atoms with E-state index in [0.717, 1.165) is 5.56 Å². The zero-order valence-corrected chi connectivity index (χ0v) is 17.7. The number of nitrogens with one attached hydrogen (secondary N) is 1. The minimum absolute atomic E-state index is 0.0267. The number of aliphatic hydroxyl groups excluding tert-OH is 1. The molecule has 1 fully saturated rings. The summed E-state index contributed by atoms with van der Waals surface area (Å²) in [7, 11) is 1.92. The number of aromatic nitrogens is 1. The average Bonchev–Trinajstić information content (AvgIpc) is 2.95. The van der Waals surface area contributed by atoms with E-state index in [1.54, 1.807) is 13.0 Å². The number of hydrogen-bond acceptors (Lipinski definition) is 3. The number of carbonyl (C=O) groups excluding carboxylic acids is 1. The summed E-state index contributed by atoms with van der Waals surface area (Å²) < 4.78 is 41.6. The molecule has 158 valence electrons. The highest BCUT2D eigenvalue weighted by atomic mass is 79.9. The Morgan fingerprint density at radius 3 is 2.79 bits per heavy atom. The van der Waals surface area contributed by atoms with Crippen LogP contribution in [0.5, 0.6) is 0 Å². The zero-order valence-electron chi connectivity index (χ0n) is 16.1. The number of hydrogen-bond donors (Lipinski definition) is 2. The van der Waals surface area contributed by atoms with Crippen molar-refractivity contribution in [1.29, 1.82) is 0 Å². The van der Waals surface area contributed by atoms with Gasteiger partial charge < -0.3 is 15.3 Å². The fraction of sp³-hybridized carbons (Fsp3) is 0.550. The van der Waals surface area contributed by atoms with Gasteiger partial charge in [0, 0.05) is 29.9 Å². The summed E-state index contributed by atoms with van der Waals surface area (Å²) in [6.45, 7) is 2.13. The molecule has 0 spiro atoms. The Kier molecular flexibility index (Phi) is 5.19. The lowest BCUT2D eigenvalue weighted by atomic mass is 9.72. The molecule has 4 rings (SSSR count). The molecule has 0 bridgehead atoms. The molecule has 4 atom stereocenters. The molecule has 1 saturated heterocycles. The Morgan fingerprint density at radius 2 is 2.14 bits per heavy atom. The number of amides is 1. The van der Waals surface area contributed by atoms with Gasteiger partial charge in [-0.3, -0.25) is 4.79 Å². The lowest BCUT2D eigenvalue weighted by Crippen LogP contribution is -2.52. The minimum Gasteiger partial charge on any atom is -0.394 e. The Labute approximate surface area is 175 Å². The van der Waals surface area contributed by atoms with Gasteiger partial charge in [-0.25, -0.2) is 4.57 Å². The summed E-state index contributed by atoms with van der Waals surface area (Å²) in [5, 5.41) is 12.7. The average molecular weight is 474 g/mol. The van der Waals surface area contributed by atoms with Crippen LogP contribution in [0.2, 0.25) is 0 Å². The molecule has 2 N–H and O–H groups in total. The maximum absolute atomic E-state index is 13.7. The summed E-state index contributed by atoms with van der Waals surface area (Å²) in [6.07, 6.45) is -3.44. The van der Waals surface area contributed by atoms with Crippen molar-refractivity contribution in [3.05, 3.63) is 33.9 Å². The number of fused-ring (bicyclic) bond motifs is 2. The number of benzene rings is 1. The van der Waals surface area contributed by atoms with Crippen molar-refractivity contribution >= 4 is 32.7 Å². The van der Waals surface area contributed by atoms with Crippen molar-refractivity contribution in [1.82, 2.24) is 14.8 Å². The standard InChI is InChI=1S/C20H23BrF3N3O2/c1-10(9-28)25-19(29)11-6-13-12-4-3-5-15-17(12)14(7-16(13)26(2)8-11)18(21)27(15)20(22,23)24/h3-5,10-11,13,16,28H,6-9H2,1-2H3,(H,25,29)/t10?,11?,13?,16-/m1/s1. The van der Waals surface area contributed by atoms with E-state index in [9.17, 15) is 23.1 Å². The summed E-state index contributed by atoms with van der Waals surface area (Å²) in [4.78, 5) is 14.7. The second kappa shape index (κ2) is 7.28. The topological polar surface area (TPSA) is 57.5 Å². The van der Waals surface area contributed by atoms with Crippen LogP contribution < -0.4 is 5.32 Å². The van der Waals surface area contributed by atoms with Crippen molar-refractivity contribution in [3.8, 4) is 0 Å². The first kappa shape index (κ1) is 20.7. The van der Waals surface area contributed by atoms with Crippen molar-refractivity contribution in [2.75, 3.05) is 20.2 Å². The van der Waals surface area contributed by atoms with Crippen LogP contribution in [-0.4, -0.2) is 52.8 Å². The van der Waals surface area contributed by atoms with Gasteiger partial charge in [0.15, 0.2) is 0 Å². The number of aliphatic hydroxyl groups is 1. The van der Waals surface area contributed by atoms with Crippen LogP contribution in [0.4, 0.5) is 13.2 Å². The zero-order chi connectivity index (χ0) is 21.1. The predicted molar refractivity (Wildman–Crippen MR) is 107 cm³/mol. The van der Waals surface area contributed by atoms with Crippen LogP contribution in [-0.2, 0) is 17.5 Å². The van der Waals surface area contributed by atoms with Crippen molar-refractivity contribution in [3.63, 3.8) is 0 Å². The molecule has 1 aromatic carbocycles. The van der Waals surface area contributed by atoms with Gasteiger partial charge in [0.1, 0.15) is 0 Å². The number of likely N-dealkylation sites (tertiary alicyclic amines) is 1. The lowest BCUT2D eigenvalue weighted by Gasteiger charge is -2.45. The van der Waals surface area contributed by atoms with E-state index in [1.165, 1.54) is 6.07 Å². The number of halogens is 4. The van der Waals surface area contributed by atoms with Gasteiger partial charge in [-0.05, 0) is 59.9 Å². The maximum atomic E-state index is 13.7. The van der Waals surface area contributed by atoms with E-state index in [4.69, 9.17) is 0 Å². The highest BCUT2D eigenvalue weighted by molar-refractivity contribution is 9.10. The number of alkyl halides is 3. The van der Waals surface area contributed by atoms with Crippen molar-refractivity contribution < 1.29 is 23.1 Å². The minimum atomic E-state index is -4.52. The quantitative estimate of drug-likeness (QED) is 0.718. The van der Waals surface area contributed by atoms with Crippen LogP contribution in [0.15, 0.2) is 22.8 Å². The molecule has 2 aliphatic rings. The molecule has 0 saturated carbocycles. The Morgan fingerprint density at radius 1 is 1.41 bits per heavy atom. The maximum Gasteiger partial charge on any atom is 0.489 e. The van der Waals surface area contributed by atoms with Crippen LogP contribution in [0, 0.1) is 5.92 Å². The van der Waals surface area contributed by atoms with E-state index in [-0.39, 0.29) is 46.6 Å². The molecular weight excluding hydrogens is 451 g/mol. The summed E-state index contributed by atoms with van der Waals surface area (Å²) in [5.74, 6) is -0.426. The van der Waals surface area contributed by atoms with E-state index >= 15 is 0 Å². The summed E-state index contributed by atoms with van der Waals surface area (Å²) >= 11 is 3.20. The molecule has 0 radical (unpaired) electrons. The van der Waals surface area contributed by atoms with Crippen LogP contribution in [0.25, 0.3) is 10.9 Å². The van der Waals surface area contributed by atoms with Gasteiger partial charge in [-0.2, -0.15) is 0 Å². The molecule has 29 heavy (non-hydrogen) atoms. The number of likely N-dealkylation sites (N-methyl/N-ethyl adjacent to an activating group) is 1. The van der Waals surface area contributed by atoms with E-state index < -0.39 is 6.30 Å². The molecule has 2 aromatic rings. The van der Waals surface area contributed by atoms with Gasteiger partial charge in [0.05, 0.1) is 22.6 Å². The van der Waals surface area contributed by atoms with Crippen LogP contribution in [0.3, 0.4) is 0 Å². The molecule has 1 aromatic heterocycles. The largest absolute Gasteiger partial charge is 0.489 e. The highest BCUT2D eigenvalue weighted by Crippen LogP contribution is 2.49. The van der Waals surface area contributed by atoms with Crippen LogP contribution >= 0.6 is 15.9 Å². The third kappa shape index (κ3) is 3.37. The van der Waals surface area contributed by atoms with Gasteiger partial charge in [-0.15, -0.1) is 13.2 Å². The monoisotopic (exact) mass is 473 g/mol. The summed E-state index contributed by atoms with van der Waals surface area (Å²) in [5.41, 5.74) is 1.70. The number of carbonyl (C=O) groups is 1. The normalized spacial score (nSPS) is 25.7. The molecule has 1 amide bonds. The number of rotatable bonds is 3. The first-order valence-corrected chi connectivity index (χ1v) is 10.4. The second-order valence-electron chi connectivity index (χ2n) is 8.16. The Hall–Kier alpha value is -1.58. The van der Waals surface area contributed by atoms with Gasteiger partial charge in [0.2, 0.25) is 5.91 Å². The van der Waals surface area contributed by atoms with E-state index in [0.29, 0.717) is 34.9 Å². The molecule has 3 unspecified atom stereocenters. The molecule has 2 heterocycles. The van der Waals surface area contributed by atoms with Crippen molar-refractivity contribution in [2.45, 2.75) is 44.1 Å². The van der Waals surface area contributed by atoms with Gasteiger partial charge in [-0.1, -0.05) is 12.1 Å². The molecule has 5 nitrogen and oxygen atoms in total. The fourth-order valence-electron chi connectivity index (χ4n) is 4.93. The van der Waals surface area contributed by atoms with E-state index in [1.807, 2.05) is 13.1 Å².